The fourth-order valence-corrected chi connectivity index (χ4v) is 5.26. The van der Waals surface area contributed by atoms with Gasteiger partial charge in [0.2, 0.25) is 0 Å². The Bertz CT molecular complexity index is 1360. The molecule has 0 aliphatic carbocycles. The number of morpholine rings is 1. The van der Waals surface area contributed by atoms with Crippen LogP contribution in [-0.4, -0.2) is 92.0 Å². The molecule has 2 aromatic carbocycles. The molecule has 2 atom stereocenters. The van der Waals surface area contributed by atoms with Gasteiger partial charge in [-0.3, -0.25) is 14.6 Å². The summed E-state index contributed by atoms with van der Waals surface area (Å²) >= 11 is 0. The van der Waals surface area contributed by atoms with Gasteiger partial charge in [-0.2, -0.15) is 26.3 Å². The van der Waals surface area contributed by atoms with Crippen LogP contribution in [0.5, 0.6) is 5.75 Å². The Labute approximate surface area is 259 Å². The van der Waals surface area contributed by atoms with Gasteiger partial charge in [0, 0.05) is 26.2 Å². The summed E-state index contributed by atoms with van der Waals surface area (Å²) < 4.78 is 91.4. The number of hydrogen-bond acceptors (Lipinski definition) is 7. The van der Waals surface area contributed by atoms with Crippen molar-refractivity contribution in [2.75, 3.05) is 59.1 Å². The number of benzene rings is 2. The Kier molecular flexibility index (Phi) is 11.4. The van der Waals surface area contributed by atoms with E-state index in [1.165, 1.54) is 5.06 Å². The number of carbonyl (C=O) groups excluding carboxylic acids is 1. The van der Waals surface area contributed by atoms with Crippen molar-refractivity contribution >= 4 is 5.97 Å². The third kappa shape index (κ3) is 9.59. The highest BCUT2D eigenvalue weighted by atomic mass is 19.4. The third-order valence-corrected chi connectivity index (χ3v) is 7.85. The first-order chi connectivity index (χ1) is 21.2. The van der Waals surface area contributed by atoms with Crippen molar-refractivity contribution in [3.8, 4) is 17.6 Å². The van der Waals surface area contributed by atoms with Crippen LogP contribution in [0.3, 0.4) is 0 Å². The predicted octanol–water partition coefficient (Wildman–Crippen LogP) is 5.13. The summed E-state index contributed by atoms with van der Waals surface area (Å²) in [7, 11) is 0. The second-order valence-corrected chi connectivity index (χ2v) is 11.2. The van der Waals surface area contributed by atoms with Gasteiger partial charge in [0.15, 0.2) is 0 Å². The van der Waals surface area contributed by atoms with Gasteiger partial charge in [-0.05, 0) is 62.1 Å². The van der Waals surface area contributed by atoms with Gasteiger partial charge in [-0.25, -0.2) is 0 Å². The number of hydrogen-bond donors (Lipinski definition) is 0. The second kappa shape index (κ2) is 14.9. The number of esters is 1. The highest BCUT2D eigenvalue weighted by molar-refractivity contribution is 5.76. The van der Waals surface area contributed by atoms with Gasteiger partial charge < -0.3 is 14.3 Å². The zero-order valence-electron chi connectivity index (χ0n) is 25.4. The quantitative estimate of drug-likeness (QED) is 0.225. The van der Waals surface area contributed by atoms with E-state index in [0.29, 0.717) is 57.9 Å². The molecule has 0 amide bonds. The van der Waals surface area contributed by atoms with Crippen LogP contribution in [0.25, 0.3) is 0 Å². The highest BCUT2D eigenvalue weighted by Crippen LogP contribution is 2.38. The lowest BCUT2D eigenvalue weighted by atomic mass is 9.99. The SMILES string of the molecule is CCOC(=O)[C@@H]1COCCN1CC#CCN1CCN(Oc2cc(C(F)(F)F)cc(C(F)(F)F)c2)[C@H](Cc2ccc(C)c(C)c2)C1. The van der Waals surface area contributed by atoms with Crippen LogP contribution in [0.1, 0.15) is 34.7 Å². The van der Waals surface area contributed by atoms with E-state index in [2.05, 4.69) is 16.7 Å². The van der Waals surface area contributed by atoms with E-state index in [9.17, 15) is 31.1 Å². The Morgan fingerprint density at radius 1 is 0.933 bits per heavy atom. The molecule has 0 aromatic heterocycles. The van der Waals surface area contributed by atoms with E-state index in [1.807, 2.05) is 36.9 Å². The fraction of sp³-hybridized carbons (Fsp3) is 0.531. The average molecular weight is 642 g/mol. The standard InChI is InChI=1S/C32H37F6N3O4/c1-4-44-30(42)29-21-43-14-13-40(29)10-6-5-9-39-11-12-41(27(20-39)16-24-8-7-22(2)23(3)15-24)45-28-18-25(31(33,34)35)17-26(19-28)32(36,37)38/h7-8,15,17-19,27,29H,4,9-14,16,20-21H2,1-3H3/t27-,29+/m1/s1. The van der Waals surface area contributed by atoms with Crippen LogP contribution < -0.4 is 4.84 Å². The maximum absolute atomic E-state index is 13.5. The van der Waals surface area contributed by atoms with Gasteiger partial charge >= 0.3 is 18.3 Å². The molecule has 13 heteroatoms. The maximum atomic E-state index is 13.5. The molecule has 0 unspecified atom stereocenters. The molecule has 0 N–H and O–H groups in total. The van der Waals surface area contributed by atoms with Gasteiger partial charge in [0.1, 0.15) is 11.8 Å². The van der Waals surface area contributed by atoms with Crippen LogP contribution in [-0.2, 0) is 33.0 Å². The van der Waals surface area contributed by atoms with Crippen LogP contribution in [0.4, 0.5) is 26.3 Å². The minimum Gasteiger partial charge on any atom is -0.465 e. The van der Waals surface area contributed by atoms with Crippen LogP contribution in [0.2, 0.25) is 0 Å². The zero-order valence-corrected chi connectivity index (χ0v) is 25.4. The molecule has 2 aromatic rings. The lowest BCUT2D eigenvalue weighted by Gasteiger charge is -2.40. The predicted molar refractivity (Wildman–Crippen MR) is 154 cm³/mol. The molecular weight excluding hydrogens is 604 g/mol. The number of piperazine rings is 1. The number of nitrogens with zero attached hydrogens (tertiary/aromatic N) is 3. The molecule has 4 rings (SSSR count). The van der Waals surface area contributed by atoms with E-state index >= 15 is 0 Å². The summed E-state index contributed by atoms with van der Waals surface area (Å²) in [6.45, 7) is 9.00. The van der Waals surface area contributed by atoms with E-state index in [1.54, 1.807) is 6.92 Å². The van der Waals surface area contributed by atoms with E-state index < -0.39 is 35.3 Å². The summed E-state index contributed by atoms with van der Waals surface area (Å²) in [5.41, 5.74) is 0.258. The molecule has 0 radical (unpaired) electrons. The topological polar surface area (TPSA) is 54.5 Å². The number of hydroxylamine groups is 2. The average Bonchev–Trinajstić information content (AvgIpc) is 2.98. The normalized spacial score (nSPS) is 20.4. The fourth-order valence-electron chi connectivity index (χ4n) is 5.26. The first-order valence-electron chi connectivity index (χ1n) is 14.7. The van der Waals surface area contributed by atoms with Gasteiger partial charge in [0.25, 0.3) is 0 Å². The summed E-state index contributed by atoms with van der Waals surface area (Å²) in [6.07, 6.45) is -9.51. The molecule has 7 nitrogen and oxygen atoms in total. The number of alkyl halides is 6. The summed E-state index contributed by atoms with van der Waals surface area (Å²) in [4.78, 5) is 22.0. The van der Waals surface area contributed by atoms with Crippen LogP contribution in [0.15, 0.2) is 36.4 Å². The van der Waals surface area contributed by atoms with Crippen molar-refractivity contribution < 1.29 is 45.4 Å². The Balaban J connectivity index is 1.49. The van der Waals surface area contributed by atoms with Crippen molar-refractivity contribution in [2.45, 2.75) is 51.6 Å². The molecule has 0 spiro atoms. The Morgan fingerprint density at radius 3 is 2.27 bits per heavy atom. The first-order valence-corrected chi connectivity index (χ1v) is 14.7. The maximum Gasteiger partial charge on any atom is 0.416 e. The first kappa shape index (κ1) is 34.6. The van der Waals surface area contributed by atoms with E-state index in [-0.39, 0.29) is 37.8 Å². The Morgan fingerprint density at radius 2 is 1.62 bits per heavy atom. The molecule has 45 heavy (non-hydrogen) atoms. The molecule has 2 aliphatic rings. The molecule has 2 fully saturated rings. The second-order valence-electron chi connectivity index (χ2n) is 11.2. The molecule has 0 saturated carbocycles. The lowest BCUT2D eigenvalue weighted by molar-refractivity contribution is -0.155. The highest BCUT2D eigenvalue weighted by Gasteiger charge is 2.38. The Hall–Kier alpha value is -3.31. The van der Waals surface area contributed by atoms with Gasteiger partial charge in [-0.1, -0.05) is 30.0 Å². The lowest BCUT2D eigenvalue weighted by Crippen LogP contribution is -2.55. The molecular formula is C32H37F6N3O4. The van der Waals surface area contributed by atoms with Gasteiger partial charge in [-0.15, -0.1) is 5.06 Å². The smallest absolute Gasteiger partial charge is 0.416 e. The zero-order chi connectivity index (χ0) is 32.8. The van der Waals surface area contributed by atoms with Crippen molar-refractivity contribution in [1.29, 1.82) is 0 Å². The molecule has 2 heterocycles. The summed E-state index contributed by atoms with van der Waals surface area (Å²) in [5.74, 6) is 5.37. The summed E-state index contributed by atoms with van der Waals surface area (Å²) in [5, 5.41) is 1.46. The third-order valence-electron chi connectivity index (χ3n) is 7.85. The minimum absolute atomic E-state index is 0.0852. The number of rotatable bonds is 8. The largest absolute Gasteiger partial charge is 0.465 e. The van der Waals surface area contributed by atoms with E-state index in [0.717, 1.165) is 16.7 Å². The van der Waals surface area contributed by atoms with Crippen LogP contribution in [0, 0.1) is 25.7 Å². The number of ether oxygens (including phenoxy) is 2. The van der Waals surface area contributed by atoms with Crippen LogP contribution >= 0.6 is 0 Å². The summed E-state index contributed by atoms with van der Waals surface area (Å²) in [6, 6.07) is 6.30. The van der Waals surface area contributed by atoms with Gasteiger partial charge in [0.05, 0.1) is 50.1 Å². The monoisotopic (exact) mass is 641 g/mol. The number of carbonyl (C=O) groups is 1. The van der Waals surface area contributed by atoms with Crippen molar-refractivity contribution in [1.82, 2.24) is 14.9 Å². The molecule has 2 saturated heterocycles. The molecule has 0 bridgehead atoms. The van der Waals surface area contributed by atoms with E-state index in [4.69, 9.17) is 14.3 Å². The van der Waals surface area contributed by atoms with Crippen molar-refractivity contribution in [3.63, 3.8) is 0 Å². The molecule has 2 aliphatic heterocycles. The minimum atomic E-state index is -4.98. The number of aryl methyl sites for hydroxylation is 2. The molecule has 246 valence electrons. The number of halogens is 6. The van der Waals surface area contributed by atoms with Crippen molar-refractivity contribution in [3.05, 3.63) is 64.2 Å². The van der Waals surface area contributed by atoms with Crippen molar-refractivity contribution in [2.24, 2.45) is 0 Å².